The van der Waals surface area contributed by atoms with Gasteiger partial charge in [-0.3, -0.25) is 0 Å². The highest BCUT2D eigenvalue weighted by Crippen LogP contribution is 2.35. The van der Waals surface area contributed by atoms with Gasteiger partial charge in [0.25, 0.3) is 0 Å². The number of fused-ring (bicyclic) bond motifs is 2. The van der Waals surface area contributed by atoms with Crippen molar-refractivity contribution < 1.29 is 0 Å². The topological polar surface area (TPSA) is 31.6 Å². The zero-order valence-corrected chi connectivity index (χ0v) is 16.4. The first-order valence-electron chi connectivity index (χ1n) is 9.43. The van der Waals surface area contributed by atoms with Gasteiger partial charge in [-0.15, -0.1) is 0 Å². The lowest BCUT2D eigenvalue weighted by Crippen LogP contribution is -2.20. The van der Waals surface area contributed by atoms with Gasteiger partial charge in [-0.25, -0.2) is 0 Å². The molecule has 0 aliphatic heterocycles. The molecule has 0 fully saturated rings. The Hall–Kier alpha value is -2.48. The molecule has 134 valence electrons. The molecule has 0 aliphatic rings. The van der Waals surface area contributed by atoms with E-state index in [-0.39, 0.29) is 10.8 Å². The molecule has 0 amide bonds. The number of nitrogens with one attached hydrogen (secondary N) is 2. The predicted octanol–water partition coefficient (Wildman–Crippen LogP) is 6.47. The maximum Gasteiger partial charge on any atom is 0.0489 e. The van der Waals surface area contributed by atoms with E-state index in [1.165, 1.54) is 38.6 Å². The van der Waals surface area contributed by atoms with E-state index in [2.05, 4.69) is 99.3 Å². The summed E-state index contributed by atoms with van der Waals surface area (Å²) in [5.74, 6) is 0. The number of aromatic amines is 2. The number of aromatic nitrogens is 2. The summed E-state index contributed by atoms with van der Waals surface area (Å²) in [6, 6.07) is 17.5. The van der Waals surface area contributed by atoms with Crippen molar-refractivity contribution in [1.82, 2.24) is 9.97 Å². The zero-order chi connectivity index (χ0) is 18.5. The number of benzene rings is 2. The van der Waals surface area contributed by atoms with Crippen LogP contribution in [0.3, 0.4) is 0 Å². The first kappa shape index (κ1) is 17.0. The van der Waals surface area contributed by atoms with Gasteiger partial charge in [0.05, 0.1) is 0 Å². The Balaban J connectivity index is 1.77. The van der Waals surface area contributed by atoms with Crippen LogP contribution in [-0.2, 0) is 17.3 Å². The van der Waals surface area contributed by atoms with Gasteiger partial charge in [0.2, 0.25) is 0 Å². The second-order valence-electron chi connectivity index (χ2n) is 9.12. The Morgan fingerprint density at radius 1 is 0.885 bits per heavy atom. The van der Waals surface area contributed by atoms with Crippen LogP contribution in [0, 0.1) is 0 Å². The summed E-state index contributed by atoms with van der Waals surface area (Å²) >= 11 is 0. The molecule has 0 spiro atoms. The molecule has 0 bridgehead atoms. The van der Waals surface area contributed by atoms with Crippen molar-refractivity contribution >= 4 is 21.8 Å². The standard InChI is InChI=1S/C24H28N2/c1-23(2,3)21-13-16-9-8-10-17(22(16)26-21)14-24(4,5)19-15-25-20-12-7-6-11-18(19)20/h6-13,15,25-26H,14H2,1-5H3. The van der Waals surface area contributed by atoms with Crippen LogP contribution in [0.15, 0.2) is 54.7 Å². The molecular weight excluding hydrogens is 316 g/mol. The van der Waals surface area contributed by atoms with Crippen molar-refractivity contribution in [3.05, 3.63) is 71.5 Å². The fraction of sp³-hybridized carbons (Fsp3) is 0.333. The second kappa shape index (κ2) is 5.77. The lowest BCUT2D eigenvalue weighted by atomic mass is 9.79. The van der Waals surface area contributed by atoms with Crippen molar-refractivity contribution in [2.45, 2.75) is 51.9 Å². The summed E-state index contributed by atoms with van der Waals surface area (Å²) in [6.07, 6.45) is 3.18. The highest BCUT2D eigenvalue weighted by Gasteiger charge is 2.26. The normalized spacial score (nSPS) is 13.0. The van der Waals surface area contributed by atoms with Crippen molar-refractivity contribution in [2.75, 3.05) is 0 Å². The van der Waals surface area contributed by atoms with Gasteiger partial charge in [-0.1, -0.05) is 71.0 Å². The van der Waals surface area contributed by atoms with Gasteiger partial charge in [0.1, 0.15) is 0 Å². The molecule has 0 aliphatic carbocycles. The van der Waals surface area contributed by atoms with Crippen LogP contribution >= 0.6 is 0 Å². The van der Waals surface area contributed by atoms with Gasteiger partial charge >= 0.3 is 0 Å². The molecule has 2 nitrogen and oxygen atoms in total. The monoisotopic (exact) mass is 344 g/mol. The summed E-state index contributed by atoms with van der Waals surface area (Å²) in [5.41, 5.74) is 6.73. The maximum atomic E-state index is 3.70. The molecule has 2 heterocycles. The molecule has 4 aromatic rings. The average Bonchev–Trinajstić information content (AvgIpc) is 3.19. The molecule has 2 aromatic heterocycles. The Kier molecular flexibility index (Phi) is 3.76. The third-order valence-electron chi connectivity index (χ3n) is 5.50. The summed E-state index contributed by atoms with van der Waals surface area (Å²) in [7, 11) is 0. The van der Waals surface area contributed by atoms with Gasteiger partial charge in [-0.05, 0) is 40.5 Å². The van der Waals surface area contributed by atoms with E-state index in [0.717, 1.165) is 6.42 Å². The Morgan fingerprint density at radius 3 is 2.42 bits per heavy atom. The molecule has 0 saturated heterocycles. The van der Waals surface area contributed by atoms with E-state index in [1.54, 1.807) is 0 Å². The second-order valence-corrected chi connectivity index (χ2v) is 9.12. The van der Waals surface area contributed by atoms with E-state index in [0.29, 0.717) is 0 Å². The predicted molar refractivity (Wildman–Crippen MR) is 112 cm³/mol. The number of hydrogen-bond donors (Lipinski definition) is 2. The maximum absolute atomic E-state index is 3.70. The fourth-order valence-electron chi connectivity index (χ4n) is 3.97. The molecule has 2 N–H and O–H groups in total. The first-order chi connectivity index (χ1) is 12.3. The van der Waals surface area contributed by atoms with Crippen LogP contribution in [-0.4, -0.2) is 9.97 Å². The number of para-hydroxylation sites is 2. The average molecular weight is 345 g/mol. The fourth-order valence-corrected chi connectivity index (χ4v) is 3.97. The molecule has 0 unspecified atom stereocenters. The van der Waals surface area contributed by atoms with E-state index >= 15 is 0 Å². The molecule has 2 heteroatoms. The zero-order valence-electron chi connectivity index (χ0n) is 16.4. The highest BCUT2D eigenvalue weighted by atomic mass is 14.7. The molecule has 0 saturated carbocycles. The Bertz CT molecular complexity index is 1070. The minimum absolute atomic E-state index is 0.0426. The number of rotatable bonds is 3. The number of H-pyrrole nitrogens is 2. The van der Waals surface area contributed by atoms with E-state index < -0.39 is 0 Å². The van der Waals surface area contributed by atoms with E-state index in [9.17, 15) is 0 Å². The van der Waals surface area contributed by atoms with Crippen LogP contribution in [0.1, 0.15) is 51.4 Å². The lowest BCUT2D eigenvalue weighted by Gasteiger charge is -2.25. The molecule has 26 heavy (non-hydrogen) atoms. The third-order valence-corrected chi connectivity index (χ3v) is 5.50. The summed E-state index contributed by atoms with van der Waals surface area (Å²) in [4.78, 5) is 7.13. The van der Waals surface area contributed by atoms with E-state index in [1.807, 2.05) is 0 Å². The van der Waals surface area contributed by atoms with Gasteiger partial charge in [0, 0.05) is 33.7 Å². The minimum Gasteiger partial charge on any atom is -0.361 e. The number of hydrogen-bond acceptors (Lipinski definition) is 0. The molecule has 2 aromatic carbocycles. The van der Waals surface area contributed by atoms with Gasteiger partial charge in [-0.2, -0.15) is 0 Å². The van der Waals surface area contributed by atoms with Crippen LogP contribution < -0.4 is 0 Å². The first-order valence-corrected chi connectivity index (χ1v) is 9.43. The minimum atomic E-state index is 0.0426. The Morgan fingerprint density at radius 2 is 1.65 bits per heavy atom. The highest BCUT2D eigenvalue weighted by molar-refractivity contribution is 5.86. The van der Waals surface area contributed by atoms with Gasteiger partial charge < -0.3 is 9.97 Å². The SMILES string of the molecule is CC(C)(C)c1cc2cccc(CC(C)(C)c3c[nH]c4ccccc34)c2[nH]1. The molecular formula is C24H28N2. The van der Waals surface area contributed by atoms with E-state index in [4.69, 9.17) is 0 Å². The largest absolute Gasteiger partial charge is 0.361 e. The van der Waals surface area contributed by atoms with Crippen LogP contribution in [0.2, 0.25) is 0 Å². The molecule has 4 rings (SSSR count). The lowest BCUT2D eigenvalue weighted by molar-refractivity contribution is 0.528. The van der Waals surface area contributed by atoms with Crippen molar-refractivity contribution in [1.29, 1.82) is 0 Å². The van der Waals surface area contributed by atoms with Crippen molar-refractivity contribution in [3.63, 3.8) is 0 Å². The van der Waals surface area contributed by atoms with Crippen molar-refractivity contribution in [3.8, 4) is 0 Å². The quantitative estimate of drug-likeness (QED) is 0.427. The molecule has 0 radical (unpaired) electrons. The van der Waals surface area contributed by atoms with Crippen LogP contribution in [0.5, 0.6) is 0 Å². The summed E-state index contributed by atoms with van der Waals surface area (Å²) in [6.45, 7) is 11.5. The summed E-state index contributed by atoms with van der Waals surface area (Å²) in [5, 5.41) is 2.63. The molecule has 0 atom stereocenters. The summed E-state index contributed by atoms with van der Waals surface area (Å²) < 4.78 is 0. The smallest absolute Gasteiger partial charge is 0.0489 e. The Labute approximate surface area is 155 Å². The van der Waals surface area contributed by atoms with Crippen LogP contribution in [0.4, 0.5) is 0 Å². The third kappa shape index (κ3) is 2.84. The van der Waals surface area contributed by atoms with Crippen molar-refractivity contribution in [2.24, 2.45) is 0 Å². The van der Waals surface area contributed by atoms with Gasteiger partial charge in [0.15, 0.2) is 0 Å². The van der Waals surface area contributed by atoms with Crippen LogP contribution in [0.25, 0.3) is 21.8 Å².